The van der Waals surface area contributed by atoms with Gasteiger partial charge < -0.3 is 30.7 Å². The number of aliphatic hydroxyl groups is 1. The van der Waals surface area contributed by atoms with Crippen LogP contribution in [0, 0.1) is 0 Å². The van der Waals surface area contributed by atoms with Gasteiger partial charge in [-0.25, -0.2) is 13.9 Å². The molecule has 0 radical (unpaired) electrons. The fourth-order valence-corrected chi connectivity index (χ4v) is 5.03. The van der Waals surface area contributed by atoms with Gasteiger partial charge in [0.05, 0.1) is 6.61 Å². The van der Waals surface area contributed by atoms with Crippen LogP contribution in [0.3, 0.4) is 0 Å². The quantitative estimate of drug-likeness (QED) is 0.181. The van der Waals surface area contributed by atoms with Crippen LogP contribution in [0.2, 0.25) is 0 Å². The number of hydrogen-bond donors (Lipinski definition) is 6. The Balaban J connectivity index is 1.66. The van der Waals surface area contributed by atoms with Crippen LogP contribution in [0.1, 0.15) is 6.23 Å². The van der Waals surface area contributed by atoms with Crippen molar-refractivity contribution in [2.45, 2.75) is 24.0 Å². The van der Waals surface area contributed by atoms with Crippen molar-refractivity contribution < 1.29 is 51.4 Å². The molecule has 0 saturated carbocycles. The molecule has 2 aliphatic heterocycles. The number of nitrogens with one attached hydrogen (secondary N) is 1. The third kappa shape index (κ3) is 5.14. The Morgan fingerprint density at radius 2 is 2.07 bits per heavy atom. The molecule has 2 saturated heterocycles. The molecule has 7 N–H and O–H groups in total. The van der Waals surface area contributed by atoms with Crippen molar-refractivity contribution in [3.63, 3.8) is 0 Å². The van der Waals surface area contributed by atoms with Crippen LogP contribution in [0.4, 0.5) is 5.82 Å². The van der Waals surface area contributed by atoms with Crippen LogP contribution in [-0.4, -0.2) is 60.2 Å². The van der Waals surface area contributed by atoms with Gasteiger partial charge in [0.15, 0.2) is 6.23 Å². The van der Waals surface area contributed by atoms with Crippen LogP contribution in [0.5, 0.6) is 0 Å². The largest absolute Gasteiger partial charge is 0.719 e. The molecule has 0 aromatic carbocycles. The summed E-state index contributed by atoms with van der Waals surface area (Å²) in [7, 11) is -14.0. The molecular formula is C10H16N4O12P3+. The van der Waals surface area contributed by atoms with Crippen molar-refractivity contribution in [3.05, 3.63) is 22.7 Å². The normalized spacial score (nSPS) is 31.6. The Labute approximate surface area is 162 Å². The van der Waals surface area contributed by atoms with Gasteiger partial charge >= 0.3 is 29.6 Å². The van der Waals surface area contributed by atoms with Gasteiger partial charge in [-0.3, -0.25) is 14.0 Å². The van der Waals surface area contributed by atoms with E-state index >= 15 is 0 Å². The van der Waals surface area contributed by atoms with E-state index in [-0.39, 0.29) is 12.4 Å². The minimum Gasteiger partial charge on any atom is -0.388 e. The van der Waals surface area contributed by atoms with Crippen molar-refractivity contribution in [2.24, 2.45) is 0 Å². The van der Waals surface area contributed by atoms with E-state index in [9.17, 15) is 28.5 Å². The van der Waals surface area contributed by atoms with Gasteiger partial charge in [0.25, 0.3) is 0 Å². The minimum atomic E-state index is -5.23. The number of hydrogen-bond acceptors (Lipinski definition) is 12. The van der Waals surface area contributed by atoms with Crippen molar-refractivity contribution in [3.8, 4) is 0 Å². The summed E-state index contributed by atoms with van der Waals surface area (Å²) in [4.78, 5) is 42.0. The van der Waals surface area contributed by atoms with Gasteiger partial charge in [0.1, 0.15) is 23.6 Å². The molecule has 2 fully saturated rings. The lowest BCUT2D eigenvalue weighted by Crippen LogP contribution is -2.41. The van der Waals surface area contributed by atoms with E-state index in [0.717, 1.165) is 4.57 Å². The molecule has 16 nitrogen and oxygen atoms in total. The van der Waals surface area contributed by atoms with E-state index in [1.165, 1.54) is 12.3 Å². The van der Waals surface area contributed by atoms with Gasteiger partial charge in [-0.1, -0.05) is 0 Å². The highest BCUT2D eigenvalue weighted by Gasteiger charge is 2.65. The third-order valence-electron chi connectivity index (χ3n) is 4.06. The molecule has 0 amide bonds. The smallest absolute Gasteiger partial charge is 0.388 e. The zero-order valence-corrected chi connectivity index (χ0v) is 16.9. The molecule has 3 heterocycles. The van der Waals surface area contributed by atoms with E-state index in [2.05, 4.69) is 23.4 Å². The predicted molar refractivity (Wildman–Crippen MR) is 91.2 cm³/mol. The molecular weight excluding hydrogens is 461 g/mol. The number of rotatable bonds is 8. The first-order chi connectivity index (χ1) is 13.3. The maximum Gasteiger partial charge on any atom is 0.719 e. The van der Waals surface area contributed by atoms with Crippen LogP contribution in [-0.2, 0) is 31.6 Å². The first-order valence-corrected chi connectivity index (χ1v) is 11.8. The molecule has 1 spiro atoms. The minimum absolute atomic E-state index is 0.0208. The van der Waals surface area contributed by atoms with Crippen LogP contribution in [0.15, 0.2) is 17.1 Å². The van der Waals surface area contributed by atoms with Gasteiger partial charge in [0, 0.05) is 17.3 Å². The lowest BCUT2D eigenvalue weighted by molar-refractivity contribution is -0.0458. The fraction of sp³-hybridized carbons (Fsp3) is 0.600. The number of nitrogen functional groups attached to an aromatic ring is 1. The van der Waals surface area contributed by atoms with E-state index in [4.69, 9.17) is 20.3 Å². The van der Waals surface area contributed by atoms with E-state index < -0.39 is 60.2 Å². The van der Waals surface area contributed by atoms with Crippen molar-refractivity contribution in [2.75, 3.05) is 18.9 Å². The standard InChI is InChI=1S/C10H15N4O12P3/c11-6-1-2-14(9(16)13-6)8-10(4-12-10)7(15)5(24-8)3-23-29(21,22)26-27(17)25-28(18,19)20/h1-2,5,7-8,12,15H,3-4H2,(H4-,11,13,16,18,19,20,21,22)/p+1/t5-,7?,8-,10-/m1/s1. The average Bonchev–Trinajstić information content (AvgIpc) is 3.29. The molecule has 0 bridgehead atoms. The SMILES string of the molecule is Nc1ccn([C@@H]2O[C@H](COP(=O)(O)O[P+](=O)OP(=O)(O)O)C(O)[C@]23CN3)c(=O)n1. The maximum absolute atomic E-state index is 12.0. The lowest BCUT2D eigenvalue weighted by atomic mass is 10.00. The van der Waals surface area contributed by atoms with Gasteiger partial charge in [0.2, 0.25) is 0 Å². The van der Waals surface area contributed by atoms with Crippen molar-refractivity contribution in [1.29, 1.82) is 0 Å². The van der Waals surface area contributed by atoms with Gasteiger partial charge in [-0.2, -0.15) is 4.98 Å². The number of nitrogens with two attached hydrogens (primary N) is 1. The van der Waals surface area contributed by atoms with E-state index in [1.54, 1.807) is 0 Å². The van der Waals surface area contributed by atoms with Crippen LogP contribution >= 0.6 is 23.9 Å². The predicted octanol–water partition coefficient (Wildman–Crippen LogP) is -1.67. The number of phosphoric acid groups is 2. The van der Waals surface area contributed by atoms with Crippen LogP contribution in [0.25, 0.3) is 0 Å². The highest BCUT2D eigenvalue weighted by atomic mass is 31.3. The third-order valence-corrected chi connectivity index (χ3v) is 7.28. The van der Waals surface area contributed by atoms with Gasteiger partial charge in [-0.15, -0.1) is 0 Å². The molecule has 29 heavy (non-hydrogen) atoms. The summed E-state index contributed by atoms with van der Waals surface area (Å²) in [5, 5.41) is 13.3. The number of aliphatic hydroxyl groups excluding tert-OH is 1. The highest BCUT2D eigenvalue weighted by Crippen LogP contribution is 2.58. The second kappa shape index (κ2) is 7.85. The second-order valence-electron chi connectivity index (χ2n) is 6.05. The first kappa shape index (κ1) is 22.6. The van der Waals surface area contributed by atoms with Crippen molar-refractivity contribution in [1.82, 2.24) is 14.9 Å². The Hall–Kier alpha value is -1.12. The van der Waals surface area contributed by atoms with Gasteiger partial charge in [-0.05, 0) is 14.7 Å². The molecule has 2 aliphatic rings. The van der Waals surface area contributed by atoms with E-state index in [1.807, 2.05) is 0 Å². The number of ether oxygens (including phenoxy) is 1. The number of nitrogens with zero attached hydrogens (tertiary/aromatic N) is 2. The fourth-order valence-electron chi connectivity index (χ4n) is 2.75. The summed E-state index contributed by atoms with van der Waals surface area (Å²) in [6.45, 7) is -0.507. The summed E-state index contributed by atoms with van der Waals surface area (Å²) in [5.41, 5.74) is 3.60. The summed E-state index contributed by atoms with van der Waals surface area (Å²) in [5.74, 6) is -0.0208. The number of aromatic nitrogens is 2. The first-order valence-electron chi connectivity index (χ1n) is 7.66. The second-order valence-corrected chi connectivity index (χ2v) is 9.98. The number of anilines is 1. The maximum atomic E-state index is 12.0. The summed E-state index contributed by atoms with van der Waals surface area (Å²) >= 11 is 0. The average molecular weight is 477 g/mol. The van der Waals surface area contributed by atoms with E-state index in [0.29, 0.717) is 0 Å². The molecule has 3 unspecified atom stereocenters. The zero-order chi connectivity index (χ0) is 21.6. The topological polar surface area (TPSA) is 252 Å². The Morgan fingerprint density at radius 1 is 1.41 bits per heavy atom. The summed E-state index contributed by atoms with van der Waals surface area (Å²) in [6, 6.07) is 1.34. The monoisotopic (exact) mass is 477 g/mol. The lowest BCUT2D eigenvalue weighted by Gasteiger charge is -2.19. The molecule has 19 heteroatoms. The Morgan fingerprint density at radius 3 is 2.62 bits per heavy atom. The molecule has 1 aromatic heterocycles. The van der Waals surface area contributed by atoms with Crippen LogP contribution < -0.4 is 16.7 Å². The zero-order valence-electron chi connectivity index (χ0n) is 14.2. The summed E-state index contributed by atoms with van der Waals surface area (Å²) in [6.07, 6.45) is -2.27. The molecule has 3 rings (SSSR count). The molecule has 162 valence electrons. The molecule has 1 aromatic rings. The highest BCUT2D eigenvalue weighted by molar-refractivity contribution is 7.61. The molecule has 6 atom stereocenters. The number of phosphoric ester groups is 1. The Bertz CT molecular complexity index is 959. The van der Waals surface area contributed by atoms with Crippen molar-refractivity contribution >= 4 is 29.7 Å². The Kier molecular flexibility index (Phi) is 6.11. The summed E-state index contributed by atoms with van der Waals surface area (Å²) < 4.78 is 52.3. The molecule has 0 aliphatic carbocycles.